The molecule has 8 nitrogen and oxygen atoms in total. The average Bonchev–Trinajstić information content (AvgIpc) is 3.10. The van der Waals surface area contributed by atoms with Crippen molar-refractivity contribution in [2.75, 3.05) is 18.0 Å². The van der Waals surface area contributed by atoms with Crippen LogP contribution in [0.15, 0.2) is 102 Å². The summed E-state index contributed by atoms with van der Waals surface area (Å²) in [7, 11) is -2.60. The summed E-state index contributed by atoms with van der Waals surface area (Å²) in [6, 6.07) is 28.3. The van der Waals surface area contributed by atoms with Crippen LogP contribution in [0, 0.1) is 20.8 Å². The van der Waals surface area contributed by atoms with Gasteiger partial charge in [-0.05, 0) is 80.6 Å². The monoisotopic (exact) mass is 681 g/mol. The van der Waals surface area contributed by atoms with E-state index in [2.05, 4.69) is 5.32 Å². The second-order valence-electron chi connectivity index (χ2n) is 13.0. The number of hydrogen-bond acceptors (Lipinski definition) is 5. The molecule has 0 saturated heterocycles. The van der Waals surface area contributed by atoms with Gasteiger partial charge >= 0.3 is 0 Å². The van der Waals surface area contributed by atoms with E-state index < -0.39 is 28.5 Å². The summed E-state index contributed by atoms with van der Waals surface area (Å²) >= 11 is 0. The molecule has 0 radical (unpaired) electrons. The number of carbonyl (C=O) groups is 2. The van der Waals surface area contributed by atoms with E-state index in [0.717, 1.165) is 59.9 Å². The van der Waals surface area contributed by atoms with Crippen molar-refractivity contribution < 1.29 is 22.7 Å². The van der Waals surface area contributed by atoms with Crippen LogP contribution in [0.5, 0.6) is 5.75 Å². The van der Waals surface area contributed by atoms with Gasteiger partial charge in [0.05, 0.1) is 17.7 Å². The van der Waals surface area contributed by atoms with E-state index in [1.54, 1.807) is 42.3 Å². The summed E-state index contributed by atoms with van der Waals surface area (Å²) in [5, 5.41) is 3.26. The number of aryl methyl sites for hydroxylation is 3. The number of hydrogen-bond donors (Lipinski definition) is 1. The maximum atomic E-state index is 14.8. The van der Waals surface area contributed by atoms with Crippen LogP contribution in [0.4, 0.5) is 5.69 Å². The van der Waals surface area contributed by atoms with Crippen LogP contribution >= 0.6 is 0 Å². The van der Waals surface area contributed by atoms with Crippen molar-refractivity contribution in [1.82, 2.24) is 10.2 Å². The van der Waals surface area contributed by atoms with Gasteiger partial charge in [-0.15, -0.1) is 0 Å². The van der Waals surface area contributed by atoms with Gasteiger partial charge in [0, 0.05) is 19.0 Å². The first kappa shape index (κ1) is 35.7. The lowest BCUT2D eigenvalue weighted by atomic mass is 9.94. The van der Waals surface area contributed by atoms with Gasteiger partial charge in [0.2, 0.25) is 11.8 Å². The Kier molecular flexibility index (Phi) is 11.8. The predicted octanol–water partition coefficient (Wildman–Crippen LogP) is 6.90. The van der Waals surface area contributed by atoms with Crippen molar-refractivity contribution in [2.45, 2.75) is 82.8 Å². The van der Waals surface area contributed by atoms with Crippen LogP contribution in [0.25, 0.3) is 0 Å². The van der Waals surface area contributed by atoms with E-state index in [1.807, 2.05) is 87.5 Å². The van der Waals surface area contributed by atoms with Crippen LogP contribution in [0.3, 0.4) is 0 Å². The molecule has 4 aromatic carbocycles. The first-order valence-corrected chi connectivity index (χ1v) is 18.4. The van der Waals surface area contributed by atoms with Gasteiger partial charge in [-0.3, -0.25) is 13.9 Å². The molecular weight excluding hydrogens is 635 g/mol. The fourth-order valence-electron chi connectivity index (χ4n) is 6.50. The predicted molar refractivity (Wildman–Crippen MR) is 194 cm³/mol. The van der Waals surface area contributed by atoms with Crippen LogP contribution in [-0.4, -0.2) is 50.9 Å². The molecule has 1 N–H and O–H groups in total. The lowest BCUT2D eigenvalue weighted by molar-refractivity contribution is -0.140. The highest BCUT2D eigenvalue weighted by molar-refractivity contribution is 7.92. The van der Waals surface area contributed by atoms with Crippen molar-refractivity contribution >= 4 is 27.5 Å². The van der Waals surface area contributed by atoms with Crippen molar-refractivity contribution in [3.8, 4) is 5.75 Å². The second-order valence-corrected chi connectivity index (χ2v) is 14.9. The number of anilines is 1. The van der Waals surface area contributed by atoms with Gasteiger partial charge in [0.15, 0.2) is 0 Å². The van der Waals surface area contributed by atoms with Crippen LogP contribution in [0.2, 0.25) is 0 Å². The third-order valence-electron chi connectivity index (χ3n) is 9.22. The average molecular weight is 682 g/mol. The Morgan fingerprint density at radius 2 is 1.49 bits per heavy atom. The molecule has 0 heterocycles. The topological polar surface area (TPSA) is 96.0 Å². The quantitative estimate of drug-likeness (QED) is 0.166. The molecule has 5 rings (SSSR count). The Morgan fingerprint density at radius 1 is 0.816 bits per heavy atom. The molecule has 1 aliphatic carbocycles. The third kappa shape index (κ3) is 9.09. The molecule has 1 atom stereocenters. The minimum absolute atomic E-state index is 0.0296. The number of carbonyl (C=O) groups excluding carboxylic acids is 2. The van der Waals surface area contributed by atoms with Crippen molar-refractivity contribution in [3.63, 3.8) is 0 Å². The van der Waals surface area contributed by atoms with E-state index in [4.69, 9.17) is 4.74 Å². The first-order chi connectivity index (χ1) is 23.5. The zero-order valence-corrected chi connectivity index (χ0v) is 29.7. The normalized spacial score (nSPS) is 14.1. The molecule has 49 heavy (non-hydrogen) atoms. The molecular formula is C40H47N3O5S. The zero-order chi connectivity index (χ0) is 35.0. The minimum Gasteiger partial charge on any atom is -0.497 e. The lowest BCUT2D eigenvalue weighted by Gasteiger charge is -2.35. The highest BCUT2D eigenvalue weighted by atomic mass is 32.2. The van der Waals surface area contributed by atoms with Gasteiger partial charge in [0.25, 0.3) is 10.0 Å². The molecule has 4 aromatic rings. The Balaban J connectivity index is 1.59. The van der Waals surface area contributed by atoms with E-state index in [-0.39, 0.29) is 29.8 Å². The van der Waals surface area contributed by atoms with Crippen LogP contribution in [0.1, 0.15) is 59.9 Å². The van der Waals surface area contributed by atoms with Gasteiger partial charge in [-0.2, -0.15) is 0 Å². The fraction of sp³-hybridized carbons (Fsp3) is 0.350. The van der Waals surface area contributed by atoms with E-state index in [0.29, 0.717) is 11.4 Å². The van der Waals surface area contributed by atoms with Crippen LogP contribution in [-0.2, 0) is 32.6 Å². The molecule has 1 saturated carbocycles. The standard InChI is InChI=1S/C40H47N3O5S/c1-29-18-21-36(22-19-29)49(46,47)43(37-23-20-30(2)24-31(37)3)28-39(44)42(27-33-14-11-17-35(25-33)48-4)38(26-32-12-7-5-8-13-32)40(45)41-34-15-9-6-10-16-34/h5,7-8,11-14,17-25,34,38H,6,9-10,15-16,26-28H2,1-4H3,(H,41,45)/t38-/m0/s1. The Morgan fingerprint density at radius 3 is 2.16 bits per heavy atom. The maximum Gasteiger partial charge on any atom is 0.264 e. The summed E-state index contributed by atoms with van der Waals surface area (Å²) < 4.78 is 35.5. The smallest absolute Gasteiger partial charge is 0.264 e. The highest BCUT2D eigenvalue weighted by Gasteiger charge is 2.36. The number of ether oxygens (including phenoxy) is 1. The molecule has 9 heteroatoms. The molecule has 0 aromatic heterocycles. The summed E-state index contributed by atoms with van der Waals surface area (Å²) in [5.41, 5.74) is 4.68. The number of benzene rings is 4. The summed E-state index contributed by atoms with van der Waals surface area (Å²) in [6.45, 7) is 5.26. The number of nitrogens with zero attached hydrogens (tertiary/aromatic N) is 2. The lowest BCUT2D eigenvalue weighted by Crippen LogP contribution is -2.55. The zero-order valence-electron chi connectivity index (χ0n) is 28.9. The summed E-state index contributed by atoms with van der Waals surface area (Å²) in [4.78, 5) is 30.8. The minimum atomic E-state index is -4.18. The first-order valence-electron chi connectivity index (χ1n) is 17.0. The largest absolute Gasteiger partial charge is 0.497 e. The number of rotatable bonds is 13. The number of sulfonamides is 1. The van der Waals surface area contributed by atoms with Crippen LogP contribution < -0.4 is 14.4 Å². The van der Waals surface area contributed by atoms with Crippen molar-refractivity contribution in [2.24, 2.45) is 0 Å². The van der Waals surface area contributed by atoms with Gasteiger partial charge in [0.1, 0.15) is 18.3 Å². The molecule has 0 bridgehead atoms. The molecule has 2 amide bonds. The second kappa shape index (κ2) is 16.2. The Labute approximate surface area is 291 Å². The molecule has 0 aliphatic heterocycles. The van der Waals surface area contributed by atoms with Crippen molar-refractivity contribution in [3.05, 3.63) is 125 Å². The number of methoxy groups -OCH3 is 1. The van der Waals surface area contributed by atoms with E-state index in [1.165, 1.54) is 4.31 Å². The van der Waals surface area contributed by atoms with E-state index >= 15 is 0 Å². The maximum absolute atomic E-state index is 14.8. The molecule has 0 spiro atoms. The van der Waals surface area contributed by atoms with Crippen molar-refractivity contribution in [1.29, 1.82) is 0 Å². The third-order valence-corrected chi connectivity index (χ3v) is 11.0. The van der Waals surface area contributed by atoms with Gasteiger partial charge in [-0.1, -0.05) is 97.1 Å². The number of nitrogens with one attached hydrogen (secondary N) is 1. The molecule has 1 aliphatic rings. The summed E-state index contributed by atoms with van der Waals surface area (Å²) in [5.74, 6) is -0.111. The SMILES string of the molecule is COc1cccc(CN(C(=O)CN(c2ccc(C)cc2C)S(=O)(=O)c2ccc(C)cc2)[C@@H](Cc2ccccc2)C(=O)NC2CCCCC2)c1. The Bertz CT molecular complexity index is 1840. The van der Waals surface area contributed by atoms with Gasteiger partial charge in [-0.25, -0.2) is 8.42 Å². The highest BCUT2D eigenvalue weighted by Crippen LogP contribution is 2.29. The molecule has 258 valence electrons. The number of amides is 2. The molecule has 1 fully saturated rings. The summed E-state index contributed by atoms with van der Waals surface area (Å²) in [6.07, 6.45) is 5.28. The van der Waals surface area contributed by atoms with Gasteiger partial charge < -0.3 is 15.0 Å². The Hall–Kier alpha value is -4.63. The fourth-order valence-corrected chi connectivity index (χ4v) is 7.98. The molecule has 0 unspecified atom stereocenters. The van der Waals surface area contributed by atoms with E-state index in [9.17, 15) is 18.0 Å².